The van der Waals surface area contributed by atoms with E-state index < -0.39 is 8.32 Å². The molecule has 0 heterocycles. The molecule has 0 unspecified atom stereocenters. The van der Waals surface area contributed by atoms with Gasteiger partial charge < -0.3 is 4.43 Å². The van der Waals surface area contributed by atoms with Gasteiger partial charge in [-0.05, 0) is 32.1 Å². The van der Waals surface area contributed by atoms with Crippen molar-refractivity contribution >= 4 is 14.1 Å². The van der Waals surface area contributed by atoms with Crippen LogP contribution in [0.4, 0.5) is 0 Å². The van der Waals surface area contributed by atoms with Crippen LogP contribution in [0.25, 0.3) is 5.76 Å². The highest BCUT2D eigenvalue weighted by Crippen LogP contribution is 2.21. The summed E-state index contributed by atoms with van der Waals surface area (Å²) < 4.78 is 6.08. The van der Waals surface area contributed by atoms with Crippen molar-refractivity contribution in [1.82, 2.24) is 0 Å². The molecule has 0 aliphatic rings. The first-order valence-corrected chi connectivity index (χ1v) is 8.99. The standard InChI is InChI=1S/C14H20OSi/c1-5-6-12-14(15-16(2,3)4)13-10-8-7-9-11-13/h5,7-12H,1,6H2,2-4H3/b14-12-. The first-order chi connectivity index (χ1) is 7.53. The molecule has 1 rings (SSSR count). The van der Waals surface area contributed by atoms with E-state index in [-0.39, 0.29) is 0 Å². The Balaban J connectivity index is 2.93. The van der Waals surface area contributed by atoms with Gasteiger partial charge in [-0.3, -0.25) is 0 Å². The summed E-state index contributed by atoms with van der Waals surface area (Å²) in [6.07, 6.45) is 4.83. The Morgan fingerprint density at radius 2 is 1.88 bits per heavy atom. The van der Waals surface area contributed by atoms with Crippen molar-refractivity contribution in [1.29, 1.82) is 0 Å². The second-order valence-corrected chi connectivity index (χ2v) is 9.10. The zero-order valence-corrected chi connectivity index (χ0v) is 11.4. The van der Waals surface area contributed by atoms with Crippen LogP contribution < -0.4 is 0 Å². The summed E-state index contributed by atoms with van der Waals surface area (Å²) in [5.41, 5.74) is 1.15. The second kappa shape index (κ2) is 5.71. The van der Waals surface area contributed by atoms with Crippen molar-refractivity contribution in [3.8, 4) is 0 Å². The molecule has 0 radical (unpaired) electrons. The minimum atomic E-state index is -1.56. The van der Waals surface area contributed by atoms with Crippen LogP contribution in [0.3, 0.4) is 0 Å². The Kier molecular flexibility index (Phi) is 4.56. The van der Waals surface area contributed by atoms with Gasteiger partial charge in [0.1, 0.15) is 5.76 Å². The number of allylic oxidation sites excluding steroid dienone is 2. The van der Waals surface area contributed by atoms with Gasteiger partial charge in [0.2, 0.25) is 8.32 Å². The molecule has 0 bridgehead atoms. The van der Waals surface area contributed by atoms with Crippen LogP contribution in [0.5, 0.6) is 0 Å². The lowest BCUT2D eigenvalue weighted by Gasteiger charge is -2.22. The molecular weight excluding hydrogens is 212 g/mol. The van der Waals surface area contributed by atoms with Crippen molar-refractivity contribution in [2.24, 2.45) is 0 Å². The molecule has 0 atom stereocenters. The van der Waals surface area contributed by atoms with Crippen LogP contribution in [0.1, 0.15) is 12.0 Å². The van der Waals surface area contributed by atoms with Crippen molar-refractivity contribution < 1.29 is 4.43 Å². The molecule has 0 fully saturated rings. The van der Waals surface area contributed by atoms with E-state index in [0.717, 1.165) is 17.7 Å². The fourth-order valence-electron chi connectivity index (χ4n) is 1.34. The molecule has 0 saturated heterocycles. The van der Waals surface area contributed by atoms with Crippen LogP contribution in [0.15, 0.2) is 49.1 Å². The molecule has 0 N–H and O–H groups in total. The summed E-state index contributed by atoms with van der Waals surface area (Å²) in [5, 5.41) is 0. The smallest absolute Gasteiger partial charge is 0.242 e. The zero-order chi connectivity index (χ0) is 12.0. The Hall–Kier alpha value is -1.28. The van der Waals surface area contributed by atoms with Crippen LogP contribution in [-0.4, -0.2) is 8.32 Å². The Morgan fingerprint density at radius 1 is 1.25 bits per heavy atom. The van der Waals surface area contributed by atoms with Gasteiger partial charge >= 0.3 is 0 Å². The Morgan fingerprint density at radius 3 is 2.38 bits per heavy atom. The minimum Gasteiger partial charge on any atom is -0.544 e. The quantitative estimate of drug-likeness (QED) is 0.414. The predicted molar refractivity (Wildman–Crippen MR) is 73.7 cm³/mol. The van der Waals surface area contributed by atoms with E-state index in [1.165, 1.54) is 0 Å². The van der Waals surface area contributed by atoms with E-state index in [0.29, 0.717) is 0 Å². The van der Waals surface area contributed by atoms with Crippen LogP contribution in [-0.2, 0) is 4.43 Å². The fourth-order valence-corrected chi connectivity index (χ4v) is 2.20. The lowest BCUT2D eigenvalue weighted by Crippen LogP contribution is -2.24. The molecule has 0 aliphatic heterocycles. The van der Waals surface area contributed by atoms with Crippen molar-refractivity contribution in [3.05, 3.63) is 54.6 Å². The van der Waals surface area contributed by atoms with Crippen molar-refractivity contribution in [2.75, 3.05) is 0 Å². The van der Waals surface area contributed by atoms with Crippen molar-refractivity contribution in [3.63, 3.8) is 0 Å². The summed E-state index contributed by atoms with van der Waals surface area (Å²) in [4.78, 5) is 0. The Bertz CT molecular complexity index is 360. The molecule has 1 aromatic rings. The molecule has 2 heteroatoms. The average Bonchev–Trinajstić information content (AvgIpc) is 2.24. The molecule has 0 aliphatic carbocycles. The van der Waals surface area contributed by atoms with E-state index in [1.807, 2.05) is 24.3 Å². The van der Waals surface area contributed by atoms with E-state index >= 15 is 0 Å². The molecule has 1 nitrogen and oxygen atoms in total. The highest BCUT2D eigenvalue weighted by molar-refractivity contribution is 6.70. The van der Waals surface area contributed by atoms with Crippen LogP contribution >= 0.6 is 0 Å². The normalized spacial score (nSPS) is 12.3. The molecule has 1 aromatic carbocycles. The maximum atomic E-state index is 6.08. The van der Waals surface area contributed by atoms with Crippen molar-refractivity contribution in [2.45, 2.75) is 26.1 Å². The number of hydrogen-bond acceptors (Lipinski definition) is 1. The summed E-state index contributed by atoms with van der Waals surface area (Å²) in [7, 11) is -1.56. The van der Waals surface area contributed by atoms with Gasteiger partial charge in [0.15, 0.2) is 0 Å². The summed E-state index contributed by atoms with van der Waals surface area (Å²) >= 11 is 0. The largest absolute Gasteiger partial charge is 0.544 e. The first-order valence-electron chi connectivity index (χ1n) is 5.58. The summed E-state index contributed by atoms with van der Waals surface area (Å²) in [5.74, 6) is 0.986. The fraction of sp³-hybridized carbons (Fsp3) is 0.286. The van der Waals surface area contributed by atoms with Gasteiger partial charge in [0.25, 0.3) is 0 Å². The van der Waals surface area contributed by atoms with Gasteiger partial charge in [0.05, 0.1) is 0 Å². The maximum absolute atomic E-state index is 6.08. The first kappa shape index (κ1) is 12.8. The molecule has 0 aromatic heterocycles. The lowest BCUT2D eigenvalue weighted by molar-refractivity contribution is 0.513. The minimum absolute atomic E-state index is 0.842. The van der Waals surface area contributed by atoms with E-state index in [1.54, 1.807) is 0 Å². The molecular formula is C14H20OSi. The predicted octanol–water partition coefficient (Wildman–Crippen LogP) is 4.46. The topological polar surface area (TPSA) is 9.23 Å². The highest BCUT2D eigenvalue weighted by atomic mass is 28.4. The summed E-state index contributed by atoms with van der Waals surface area (Å²) in [6.45, 7) is 10.3. The Labute approximate surface area is 99.6 Å². The third kappa shape index (κ3) is 4.49. The molecule has 0 saturated carbocycles. The van der Waals surface area contributed by atoms with E-state index in [9.17, 15) is 0 Å². The third-order valence-corrected chi connectivity index (χ3v) is 2.78. The lowest BCUT2D eigenvalue weighted by atomic mass is 10.1. The number of benzene rings is 1. The van der Waals surface area contributed by atoms with Gasteiger partial charge in [-0.2, -0.15) is 0 Å². The zero-order valence-electron chi connectivity index (χ0n) is 10.4. The molecule has 86 valence electrons. The van der Waals surface area contributed by atoms with Gasteiger partial charge in [0, 0.05) is 5.56 Å². The van der Waals surface area contributed by atoms with Gasteiger partial charge in [-0.25, -0.2) is 0 Å². The maximum Gasteiger partial charge on any atom is 0.242 e. The molecule has 16 heavy (non-hydrogen) atoms. The number of hydrogen-bond donors (Lipinski definition) is 0. The third-order valence-electron chi connectivity index (χ3n) is 1.94. The van der Waals surface area contributed by atoms with Crippen LogP contribution in [0.2, 0.25) is 19.6 Å². The van der Waals surface area contributed by atoms with E-state index in [4.69, 9.17) is 4.43 Å². The average molecular weight is 232 g/mol. The summed E-state index contributed by atoms with van der Waals surface area (Å²) in [6, 6.07) is 10.2. The number of rotatable bonds is 5. The monoisotopic (exact) mass is 232 g/mol. The van der Waals surface area contributed by atoms with E-state index in [2.05, 4.69) is 44.4 Å². The van der Waals surface area contributed by atoms with Gasteiger partial charge in [-0.15, -0.1) is 6.58 Å². The van der Waals surface area contributed by atoms with Gasteiger partial charge in [-0.1, -0.05) is 36.4 Å². The molecule has 0 amide bonds. The SMILES string of the molecule is C=CC/C=C(\O[Si](C)(C)C)c1ccccc1. The van der Waals surface area contributed by atoms with Crippen LogP contribution in [0, 0.1) is 0 Å². The highest BCUT2D eigenvalue weighted by Gasteiger charge is 2.18. The second-order valence-electron chi connectivity index (χ2n) is 4.67. The molecule has 0 spiro atoms.